The number of halogens is 1. The van der Waals surface area contributed by atoms with E-state index >= 15 is 0 Å². The van der Waals surface area contributed by atoms with Crippen molar-refractivity contribution in [2.75, 3.05) is 7.11 Å². The summed E-state index contributed by atoms with van der Waals surface area (Å²) in [5, 5.41) is 0. The van der Waals surface area contributed by atoms with Crippen molar-refractivity contribution >= 4 is 26.0 Å². The molecular weight excluding hydrogens is 416 g/mol. The first kappa shape index (κ1) is 18.6. The van der Waals surface area contributed by atoms with E-state index in [1.807, 2.05) is 30.3 Å². The molecule has 3 rings (SSSR count). The summed E-state index contributed by atoms with van der Waals surface area (Å²) in [7, 11) is -1.99. The van der Waals surface area contributed by atoms with Gasteiger partial charge in [0.1, 0.15) is 5.75 Å². The van der Waals surface area contributed by atoms with Gasteiger partial charge in [-0.15, -0.1) is 0 Å². The summed E-state index contributed by atoms with van der Waals surface area (Å²) < 4.78 is 33.6. The second kappa shape index (κ2) is 7.99. The van der Waals surface area contributed by atoms with Gasteiger partial charge >= 0.3 is 0 Å². The van der Waals surface area contributed by atoms with Crippen LogP contribution in [0, 0.1) is 0 Å². The lowest BCUT2D eigenvalue weighted by Crippen LogP contribution is -2.23. The van der Waals surface area contributed by atoms with Gasteiger partial charge in [-0.25, -0.2) is 13.1 Å². The summed E-state index contributed by atoms with van der Waals surface area (Å²) in [4.78, 5) is 4.63. The molecule has 0 amide bonds. The molecule has 26 heavy (non-hydrogen) atoms. The average molecular weight is 433 g/mol. The lowest BCUT2D eigenvalue weighted by molar-refractivity contribution is 0.415. The van der Waals surface area contributed by atoms with Gasteiger partial charge in [0, 0.05) is 22.8 Å². The molecule has 0 unspecified atom stereocenters. The fraction of sp³-hybridized carbons (Fsp3) is 0.105. The molecule has 5 nitrogen and oxygen atoms in total. The van der Waals surface area contributed by atoms with E-state index in [0.717, 1.165) is 27.0 Å². The highest BCUT2D eigenvalue weighted by atomic mass is 79.9. The maximum atomic E-state index is 12.5. The molecule has 0 saturated heterocycles. The molecule has 0 bridgehead atoms. The van der Waals surface area contributed by atoms with Gasteiger partial charge < -0.3 is 4.74 Å². The van der Waals surface area contributed by atoms with Crippen molar-refractivity contribution in [1.29, 1.82) is 0 Å². The van der Waals surface area contributed by atoms with E-state index in [2.05, 4.69) is 25.6 Å². The highest BCUT2D eigenvalue weighted by Gasteiger charge is 2.15. The number of benzene rings is 2. The topological polar surface area (TPSA) is 68.3 Å². The first-order valence-corrected chi connectivity index (χ1v) is 10.1. The van der Waals surface area contributed by atoms with Crippen LogP contribution in [0.3, 0.4) is 0 Å². The molecule has 1 N–H and O–H groups in total. The second-order valence-electron chi connectivity index (χ2n) is 5.52. The van der Waals surface area contributed by atoms with Crippen LogP contribution >= 0.6 is 15.9 Å². The van der Waals surface area contributed by atoms with Crippen molar-refractivity contribution in [3.63, 3.8) is 0 Å². The molecule has 134 valence electrons. The first-order valence-electron chi connectivity index (χ1n) is 7.83. The van der Waals surface area contributed by atoms with E-state index in [-0.39, 0.29) is 11.4 Å². The van der Waals surface area contributed by atoms with Gasteiger partial charge in [-0.2, -0.15) is 0 Å². The van der Waals surface area contributed by atoms with Crippen molar-refractivity contribution in [3.8, 4) is 17.0 Å². The molecule has 0 radical (unpaired) electrons. The van der Waals surface area contributed by atoms with E-state index < -0.39 is 10.0 Å². The largest absolute Gasteiger partial charge is 0.497 e. The lowest BCUT2D eigenvalue weighted by Gasteiger charge is -2.11. The normalized spacial score (nSPS) is 11.3. The zero-order valence-electron chi connectivity index (χ0n) is 14.0. The molecule has 0 aliphatic carbocycles. The Balaban J connectivity index is 1.83. The van der Waals surface area contributed by atoms with Crippen LogP contribution in [-0.2, 0) is 16.6 Å². The summed E-state index contributed by atoms with van der Waals surface area (Å²) in [6.07, 6.45) is 1.69. The van der Waals surface area contributed by atoms with Gasteiger partial charge in [-0.1, -0.05) is 22.0 Å². The molecule has 2 aromatic carbocycles. The Morgan fingerprint density at radius 1 is 1.04 bits per heavy atom. The third-order valence-electron chi connectivity index (χ3n) is 3.83. The molecule has 0 aliphatic rings. The zero-order valence-corrected chi connectivity index (χ0v) is 16.4. The van der Waals surface area contributed by atoms with Crippen molar-refractivity contribution in [2.45, 2.75) is 11.4 Å². The zero-order chi connectivity index (χ0) is 18.6. The van der Waals surface area contributed by atoms with Crippen LogP contribution in [0.2, 0.25) is 0 Å². The van der Waals surface area contributed by atoms with Crippen molar-refractivity contribution in [1.82, 2.24) is 9.71 Å². The maximum absolute atomic E-state index is 12.5. The summed E-state index contributed by atoms with van der Waals surface area (Å²) in [6.45, 7) is 0.146. The summed E-state index contributed by atoms with van der Waals surface area (Å²) in [5.41, 5.74) is 2.41. The summed E-state index contributed by atoms with van der Waals surface area (Å²) in [6, 6.07) is 17.6. The number of methoxy groups -OCH3 is 1. The average Bonchev–Trinajstić information content (AvgIpc) is 2.67. The quantitative estimate of drug-likeness (QED) is 0.638. The van der Waals surface area contributed by atoms with Crippen LogP contribution < -0.4 is 9.46 Å². The lowest BCUT2D eigenvalue weighted by atomic mass is 10.1. The molecular formula is C19H17BrN2O3S. The van der Waals surface area contributed by atoms with Crippen LogP contribution in [0.25, 0.3) is 11.3 Å². The predicted molar refractivity (Wildman–Crippen MR) is 104 cm³/mol. The Kier molecular flexibility index (Phi) is 5.70. The summed E-state index contributed by atoms with van der Waals surface area (Å²) >= 11 is 3.30. The Bertz CT molecular complexity index is 988. The minimum absolute atomic E-state index is 0.146. The van der Waals surface area contributed by atoms with Crippen LogP contribution in [0.5, 0.6) is 5.75 Å². The molecule has 1 aromatic heterocycles. The van der Waals surface area contributed by atoms with Gasteiger partial charge in [0.05, 0.1) is 17.7 Å². The van der Waals surface area contributed by atoms with E-state index in [4.69, 9.17) is 4.74 Å². The summed E-state index contributed by atoms with van der Waals surface area (Å²) in [5.74, 6) is 0.752. The number of hydrogen-bond acceptors (Lipinski definition) is 4. The Hall–Kier alpha value is -2.22. The van der Waals surface area contributed by atoms with Crippen LogP contribution in [0.1, 0.15) is 5.56 Å². The molecule has 0 saturated carbocycles. The SMILES string of the molecule is COc1ccc(-c2ncccc2CNS(=O)(=O)c2ccc(Br)cc2)cc1. The van der Waals surface area contributed by atoms with E-state index in [1.54, 1.807) is 43.6 Å². The Morgan fingerprint density at radius 2 is 1.73 bits per heavy atom. The number of pyridine rings is 1. The van der Waals surface area contributed by atoms with Gasteiger partial charge in [0.15, 0.2) is 0 Å². The van der Waals surface area contributed by atoms with E-state index in [0.29, 0.717) is 0 Å². The minimum atomic E-state index is -3.60. The third-order valence-corrected chi connectivity index (χ3v) is 5.78. The molecule has 7 heteroatoms. The standard InChI is InChI=1S/C19H17BrN2O3S/c1-25-17-8-4-14(5-9-17)19-15(3-2-12-21-19)13-22-26(23,24)18-10-6-16(20)7-11-18/h2-12,22H,13H2,1H3. The monoisotopic (exact) mass is 432 g/mol. The Labute approximate surface area is 161 Å². The number of hydrogen-bond donors (Lipinski definition) is 1. The fourth-order valence-electron chi connectivity index (χ4n) is 2.46. The van der Waals surface area contributed by atoms with Crippen molar-refractivity contribution in [2.24, 2.45) is 0 Å². The molecule has 0 aliphatic heterocycles. The number of sulfonamides is 1. The van der Waals surface area contributed by atoms with Crippen LogP contribution in [0.15, 0.2) is 76.2 Å². The number of ether oxygens (including phenoxy) is 1. The minimum Gasteiger partial charge on any atom is -0.497 e. The van der Waals surface area contributed by atoms with Crippen LogP contribution in [0.4, 0.5) is 0 Å². The fourth-order valence-corrected chi connectivity index (χ4v) is 3.73. The van der Waals surface area contributed by atoms with E-state index in [9.17, 15) is 8.42 Å². The van der Waals surface area contributed by atoms with Gasteiger partial charge in [-0.05, 0) is 60.2 Å². The molecule has 1 heterocycles. The Morgan fingerprint density at radius 3 is 2.38 bits per heavy atom. The first-order chi connectivity index (χ1) is 12.5. The number of nitrogens with one attached hydrogen (secondary N) is 1. The smallest absolute Gasteiger partial charge is 0.240 e. The molecule has 0 atom stereocenters. The highest BCUT2D eigenvalue weighted by Crippen LogP contribution is 2.24. The number of aromatic nitrogens is 1. The third kappa shape index (κ3) is 4.30. The second-order valence-corrected chi connectivity index (χ2v) is 8.20. The van der Waals surface area contributed by atoms with E-state index in [1.165, 1.54) is 0 Å². The predicted octanol–water partition coefficient (Wildman–Crippen LogP) is 4.00. The maximum Gasteiger partial charge on any atom is 0.240 e. The van der Waals surface area contributed by atoms with Crippen LogP contribution in [-0.4, -0.2) is 20.5 Å². The number of nitrogens with zero attached hydrogens (tertiary/aromatic N) is 1. The van der Waals surface area contributed by atoms with Gasteiger partial charge in [0.25, 0.3) is 0 Å². The highest BCUT2D eigenvalue weighted by molar-refractivity contribution is 9.10. The van der Waals surface area contributed by atoms with Gasteiger partial charge in [0.2, 0.25) is 10.0 Å². The molecule has 3 aromatic rings. The molecule has 0 fully saturated rings. The van der Waals surface area contributed by atoms with Crippen molar-refractivity contribution in [3.05, 3.63) is 76.9 Å². The molecule has 0 spiro atoms. The van der Waals surface area contributed by atoms with Crippen molar-refractivity contribution < 1.29 is 13.2 Å². The number of rotatable bonds is 6. The van der Waals surface area contributed by atoms with Gasteiger partial charge in [-0.3, -0.25) is 4.98 Å².